The van der Waals surface area contributed by atoms with Gasteiger partial charge < -0.3 is 14.4 Å². The van der Waals surface area contributed by atoms with Crippen molar-refractivity contribution in [2.45, 2.75) is 19.4 Å². The van der Waals surface area contributed by atoms with E-state index in [1.54, 1.807) is 50.2 Å². The van der Waals surface area contributed by atoms with Gasteiger partial charge in [-0.15, -0.1) is 0 Å². The highest BCUT2D eigenvalue weighted by Gasteiger charge is 2.19. The Balaban J connectivity index is 1.90. The van der Waals surface area contributed by atoms with E-state index in [4.69, 9.17) is 21.1 Å². The lowest BCUT2D eigenvalue weighted by atomic mass is 10.1. The number of likely N-dealkylation sites (N-methyl/N-ethyl adjacent to an activating group) is 1. The second-order valence-electron chi connectivity index (χ2n) is 5.54. The summed E-state index contributed by atoms with van der Waals surface area (Å²) in [4.78, 5) is 14.1. The normalized spacial score (nSPS) is 11.7. The predicted octanol–water partition coefficient (Wildman–Crippen LogP) is 3.82. The average molecular weight is 348 g/mol. The summed E-state index contributed by atoms with van der Waals surface area (Å²) >= 11 is 5.84. The monoisotopic (exact) mass is 347 g/mol. The minimum atomic E-state index is -0.561. The van der Waals surface area contributed by atoms with E-state index in [1.807, 2.05) is 24.3 Å². The van der Waals surface area contributed by atoms with Crippen LogP contribution in [0, 0.1) is 0 Å². The summed E-state index contributed by atoms with van der Waals surface area (Å²) in [6.07, 6.45) is 0.161. The highest BCUT2D eigenvalue weighted by molar-refractivity contribution is 6.30. The Morgan fingerprint density at radius 2 is 1.83 bits per heavy atom. The van der Waals surface area contributed by atoms with Crippen LogP contribution in [0.3, 0.4) is 0 Å². The van der Waals surface area contributed by atoms with Crippen LogP contribution in [0.25, 0.3) is 0 Å². The third-order valence-electron chi connectivity index (χ3n) is 3.76. The van der Waals surface area contributed by atoms with E-state index in [9.17, 15) is 4.79 Å². The minimum absolute atomic E-state index is 0.0696. The first kappa shape index (κ1) is 18.1. The van der Waals surface area contributed by atoms with E-state index in [0.717, 1.165) is 17.7 Å². The van der Waals surface area contributed by atoms with Crippen molar-refractivity contribution in [1.82, 2.24) is 4.90 Å². The molecule has 0 spiro atoms. The molecule has 2 aromatic rings. The summed E-state index contributed by atoms with van der Waals surface area (Å²) in [5.74, 6) is 1.39. The van der Waals surface area contributed by atoms with Crippen LogP contribution in [-0.2, 0) is 11.2 Å². The fourth-order valence-corrected chi connectivity index (χ4v) is 2.51. The van der Waals surface area contributed by atoms with Gasteiger partial charge in [0.15, 0.2) is 6.10 Å². The molecule has 128 valence electrons. The fourth-order valence-electron chi connectivity index (χ4n) is 2.39. The topological polar surface area (TPSA) is 38.8 Å². The van der Waals surface area contributed by atoms with Crippen molar-refractivity contribution in [3.8, 4) is 11.5 Å². The first-order chi connectivity index (χ1) is 11.5. The van der Waals surface area contributed by atoms with Gasteiger partial charge in [0.2, 0.25) is 0 Å². The van der Waals surface area contributed by atoms with Crippen molar-refractivity contribution in [2.75, 3.05) is 20.7 Å². The molecule has 0 bridgehead atoms. The molecule has 0 aliphatic rings. The van der Waals surface area contributed by atoms with Gasteiger partial charge in [-0.3, -0.25) is 4.79 Å². The van der Waals surface area contributed by atoms with Gasteiger partial charge in [0.25, 0.3) is 5.91 Å². The summed E-state index contributed by atoms with van der Waals surface area (Å²) in [5.41, 5.74) is 1.07. The molecule has 5 heteroatoms. The number of halogens is 1. The van der Waals surface area contributed by atoms with Gasteiger partial charge in [-0.25, -0.2) is 0 Å². The summed E-state index contributed by atoms with van der Waals surface area (Å²) in [6, 6.07) is 14.8. The molecule has 0 radical (unpaired) electrons. The lowest BCUT2D eigenvalue weighted by Gasteiger charge is -2.22. The van der Waals surface area contributed by atoms with Crippen molar-refractivity contribution in [2.24, 2.45) is 0 Å². The van der Waals surface area contributed by atoms with Gasteiger partial charge in [-0.2, -0.15) is 0 Å². The van der Waals surface area contributed by atoms with Gasteiger partial charge in [-0.1, -0.05) is 29.8 Å². The number of rotatable bonds is 7. The SMILES string of the molecule is COc1ccccc1CCN(C)C(=O)C(C)Oc1ccc(Cl)cc1. The Bertz CT molecular complexity index is 673. The Kier molecular flexibility index (Phi) is 6.50. The molecule has 1 amide bonds. The van der Waals surface area contributed by atoms with Crippen LogP contribution < -0.4 is 9.47 Å². The van der Waals surface area contributed by atoms with Crippen molar-refractivity contribution in [3.05, 3.63) is 59.1 Å². The zero-order valence-corrected chi connectivity index (χ0v) is 14.9. The second-order valence-corrected chi connectivity index (χ2v) is 5.97. The predicted molar refractivity (Wildman–Crippen MR) is 95.9 cm³/mol. The quantitative estimate of drug-likeness (QED) is 0.764. The highest BCUT2D eigenvalue weighted by Crippen LogP contribution is 2.19. The molecule has 0 aliphatic carbocycles. The molecular formula is C19H22ClNO3. The molecule has 0 fully saturated rings. The Labute approximate surface area is 147 Å². The summed E-state index contributed by atoms with van der Waals surface area (Å²) < 4.78 is 11.0. The van der Waals surface area contributed by atoms with Crippen LogP contribution in [0.15, 0.2) is 48.5 Å². The number of hydrogen-bond donors (Lipinski definition) is 0. The molecule has 0 saturated carbocycles. The van der Waals surface area contributed by atoms with Gasteiger partial charge in [0, 0.05) is 18.6 Å². The number of amides is 1. The third kappa shape index (κ3) is 4.90. The lowest BCUT2D eigenvalue weighted by molar-refractivity contribution is -0.136. The molecule has 2 rings (SSSR count). The van der Waals surface area contributed by atoms with Gasteiger partial charge in [-0.05, 0) is 49.2 Å². The van der Waals surface area contributed by atoms with E-state index in [0.29, 0.717) is 17.3 Å². The number of hydrogen-bond acceptors (Lipinski definition) is 3. The van der Waals surface area contributed by atoms with Crippen molar-refractivity contribution < 1.29 is 14.3 Å². The van der Waals surface area contributed by atoms with Gasteiger partial charge in [0.1, 0.15) is 11.5 Å². The maximum Gasteiger partial charge on any atom is 0.263 e. The molecule has 1 unspecified atom stereocenters. The maximum atomic E-state index is 12.4. The average Bonchev–Trinajstić information content (AvgIpc) is 2.61. The van der Waals surface area contributed by atoms with Gasteiger partial charge >= 0.3 is 0 Å². The van der Waals surface area contributed by atoms with Crippen molar-refractivity contribution >= 4 is 17.5 Å². The lowest BCUT2D eigenvalue weighted by Crippen LogP contribution is -2.39. The first-order valence-electron chi connectivity index (χ1n) is 7.80. The number of carbonyl (C=O) groups excluding carboxylic acids is 1. The molecule has 2 aromatic carbocycles. The van der Waals surface area contributed by atoms with Crippen LogP contribution in [0.2, 0.25) is 5.02 Å². The number of nitrogens with zero attached hydrogens (tertiary/aromatic N) is 1. The molecule has 0 aliphatic heterocycles. The van der Waals surface area contributed by atoms with E-state index >= 15 is 0 Å². The molecule has 4 nitrogen and oxygen atoms in total. The number of para-hydroxylation sites is 1. The van der Waals surface area contributed by atoms with Crippen LogP contribution in [0.4, 0.5) is 0 Å². The van der Waals surface area contributed by atoms with E-state index in [-0.39, 0.29) is 5.91 Å². The number of methoxy groups -OCH3 is 1. The van der Waals surface area contributed by atoms with Crippen molar-refractivity contribution in [1.29, 1.82) is 0 Å². The standard InChI is InChI=1S/C19H22ClNO3/c1-14(24-17-10-8-16(20)9-11-17)19(22)21(2)13-12-15-6-4-5-7-18(15)23-3/h4-11,14H,12-13H2,1-3H3. The molecule has 0 N–H and O–H groups in total. The minimum Gasteiger partial charge on any atom is -0.496 e. The molecule has 0 saturated heterocycles. The Morgan fingerprint density at radius 3 is 2.50 bits per heavy atom. The summed E-state index contributed by atoms with van der Waals surface area (Å²) in [6.45, 7) is 2.34. The smallest absolute Gasteiger partial charge is 0.263 e. The Morgan fingerprint density at radius 1 is 1.17 bits per heavy atom. The molecular weight excluding hydrogens is 326 g/mol. The molecule has 24 heavy (non-hydrogen) atoms. The van der Waals surface area contributed by atoms with Crippen molar-refractivity contribution in [3.63, 3.8) is 0 Å². The third-order valence-corrected chi connectivity index (χ3v) is 4.01. The Hall–Kier alpha value is -2.20. The van der Waals surface area contributed by atoms with Crippen LogP contribution in [-0.4, -0.2) is 37.6 Å². The summed E-state index contributed by atoms with van der Waals surface area (Å²) in [5, 5.41) is 0.634. The number of benzene rings is 2. The number of ether oxygens (including phenoxy) is 2. The first-order valence-corrected chi connectivity index (χ1v) is 8.18. The van der Waals surface area contributed by atoms with Crippen LogP contribution >= 0.6 is 11.6 Å². The fraction of sp³-hybridized carbons (Fsp3) is 0.316. The zero-order chi connectivity index (χ0) is 17.5. The van der Waals surface area contributed by atoms with Crippen LogP contribution in [0.1, 0.15) is 12.5 Å². The van der Waals surface area contributed by atoms with Crippen LogP contribution in [0.5, 0.6) is 11.5 Å². The highest BCUT2D eigenvalue weighted by atomic mass is 35.5. The zero-order valence-electron chi connectivity index (χ0n) is 14.2. The van der Waals surface area contributed by atoms with E-state index < -0.39 is 6.10 Å². The molecule has 1 atom stereocenters. The largest absolute Gasteiger partial charge is 0.496 e. The van der Waals surface area contributed by atoms with E-state index in [1.165, 1.54) is 0 Å². The molecule has 0 aromatic heterocycles. The summed E-state index contributed by atoms with van der Waals surface area (Å²) in [7, 11) is 3.43. The molecule has 0 heterocycles. The number of carbonyl (C=O) groups is 1. The maximum absolute atomic E-state index is 12.4. The van der Waals surface area contributed by atoms with Gasteiger partial charge in [0.05, 0.1) is 7.11 Å². The van der Waals surface area contributed by atoms with E-state index in [2.05, 4.69) is 0 Å². The second kappa shape index (κ2) is 8.60.